The molecule has 94 valence electrons. The lowest BCUT2D eigenvalue weighted by atomic mass is 10.1. The number of thiophene rings is 1. The molecule has 1 heterocycles. The molecule has 2 nitrogen and oxygen atoms in total. The lowest BCUT2D eigenvalue weighted by Crippen LogP contribution is -2.12. The minimum Gasteiger partial charge on any atom is -0.321 e. The Balaban J connectivity index is 2.25. The van der Waals surface area contributed by atoms with Gasteiger partial charge in [0.2, 0.25) is 0 Å². The van der Waals surface area contributed by atoms with Crippen LogP contribution >= 0.6 is 22.9 Å². The van der Waals surface area contributed by atoms with Gasteiger partial charge in [0.15, 0.2) is 0 Å². The van der Waals surface area contributed by atoms with E-state index in [2.05, 4.69) is 5.32 Å². The van der Waals surface area contributed by atoms with Gasteiger partial charge in [-0.15, -0.1) is 22.9 Å². The summed E-state index contributed by atoms with van der Waals surface area (Å²) >= 11 is 7.55. The van der Waals surface area contributed by atoms with E-state index in [0.29, 0.717) is 0 Å². The zero-order chi connectivity index (χ0) is 13.1. The van der Waals surface area contributed by atoms with Gasteiger partial charge in [-0.25, -0.2) is 0 Å². The molecule has 2 rings (SSSR count). The van der Waals surface area contributed by atoms with E-state index in [0.717, 1.165) is 21.7 Å². The van der Waals surface area contributed by atoms with Gasteiger partial charge in [0.05, 0.1) is 10.3 Å². The Morgan fingerprint density at radius 1 is 1.33 bits per heavy atom. The van der Waals surface area contributed by atoms with Crippen molar-refractivity contribution in [2.45, 2.75) is 19.2 Å². The van der Waals surface area contributed by atoms with Crippen molar-refractivity contribution in [3.63, 3.8) is 0 Å². The number of benzene rings is 1. The third kappa shape index (κ3) is 2.74. The summed E-state index contributed by atoms with van der Waals surface area (Å²) in [5.41, 5.74) is 2.70. The molecule has 1 unspecified atom stereocenters. The van der Waals surface area contributed by atoms with E-state index in [1.807, 2.05) is 49.6 Å². The van der Waals surface area contributed by atoms with Crippen LogP contribution in [0, 0.1) is 6.92 Å². The van der Waals surface area contributed by atoms with Gasteiger partial charge in [-0.3, -0.25) is 4.79 Å². The maximum atomic E-state index is 12.1. The van der Waals surface area contributed by atoms with Crippen molar-refractivity contribution in [2.75, 3.05) is 5.32 Å². The fourth-order valence-electron chi connectivity index (χ4n) is 1.74. The first-order valence-corrected chi connectivity index (χ1v) is 6.99. The molecule has 0 aliphatic heterocycles. The summed E-state index contributed by atoms with van der Waals surface area (Å²) in [6.45, 7) is 3.82. The second-order valence-electron chi connectivity index (χ2n) is 4.09. The van der Waals surface area contributed by atoms with E-state index in [4.69, 9.17) is 11.6 Å². The number of hydrogen-bond acceptors (Lipinski definition) is 2. The molecule has 1 aromatic heterocycles. The first-order chi connectivity index (χ1) is 8.59. The number of anilines is 1. The molecule has 1 amide bonds. The topological polar surface area (TPSA) is 29.1 Å². The molecule has 0 spiro atoms. The first kappa shape index (κ1) is 13.1. The number of hydrogen-bond donors (Lipinski definition) is 1. The molecule has 1 N–H and O–H groups in total. The highest BCUT2D eigenvalue weighted by molar-refractivity contribution is 7.12. The fraction of sp³-hybridized carbons (Fsp3) is 0.214. The van der Waals surface area contributed by atoms with Crippen molar-refractivity contribution in [3.05, 3.63) is 51.7 Å². The average Bonchev–Trinajstić information content (AvgIpc) is 2.76. The Morgan fingerprint density at radius 2 is 2.06 bits per heavy atom. The number of carbonyl (C=O) groups is 1. The van der Waals surface area contributed by atoms with Gasteiger partial charge in [-0.1, -0.05) is 18.2 Å². The van der Waals surface area contributed by atoms with Crippen LogP contribution in [0.4, 0.5) is 5.69 Å². The molecule has 1 atom stereocenters. The molecule has 18 heavy (non-hydrogen) atoms. The standard InChI is InChI=1S/C14H14ClNOS/c1-9-7-8-18-13(9)14(17)16-12-6-4-3-5-11(12)10(2)15/h3-8,10H,1-2H3,(H,16,17). The number of nitrogens with one attached hydrogen (secondary N) is 1. The van der Waals surface area contributed by atoms with E-state index < -0.39 is 0 Å². The Hall–Kier alpha value is -1.32. The zero-order valence-corrected chi connectivity index (χ0v) is 11.8. The monoisotopic (exact) mass is 279 g/mol. The number of halogens is 1. The lowest BCUT2D eigenvalue weighted by molar-refractivity contribution is 0.103. The Labute approximate surface area is 116 Å². The number of amides is 1. The number of alkyl halides is 1. The van der Waals surface area contributed by atoms with E-state index in [1.54, 1.807) is 0 Å². The third-order valence-corrected chi connectivity index (χ3v) is 3.96. The molecule has 0 radical (unpaired) electrons. The second kappa shape index (κ2) is 5.55. The maximum absolute atomic E-state index is 12.1. The van der Waals surface area contributed by atoms with E-state index in [9.17, 15) is 4.79 Å². The Morgan fingerprint density at radius 3 is 2.67 bits per heavy atom. The van der Waals surface area contributed by atoms with Gasteiger partial charge in [0.1, 0.15) is 0 Å². The normalized spacial score (nSPS) is 12.2. The van der Waals surface area contributed by atoms with Crippen LogP contribution in [0.5, 0.6) is 0 Å². The van der Waals surface area contributed by atoms with Crippen molar-refractivity contribution in [1.29, 1.82) is 0 Å². The summed E-state index contributed by atoms with van der Waals surface area (Å²) in [7, 11) is 0. The van der Waals surface area contributed by atoms with Gasteiger partial charge < -0.3 is 5.32 Å². The molecule has 0 saturated heterocycles. The molecule has 0 aliphatic carbocycles. The van der Waals surface area contributed by atoms with Gasteiger partial charge in [0, 0.05) is 5.69 Å². The SMILES string of the molecule is Cc1ccsc1C(=O)Nc1ccccc1C(C)Cl. The van der Waals surface area contributed by atoms with Crippen molar-refractivity contribution in [1.82, 2.24) is 0 Å². The second-order valence-corrected chi connectivity index (χ2v) is 5.66. The number of para-hydroxylation sites is 1. The maximum Gasteiger partial charge on any atom is 0.266 e. The molecular formula is C14H14ClNOS. The van der Waals surface area contributed by atoms with Crippen LogP contribution in [0.1, 0.15) is 33.1 Å². The predicted octanol–water partition coefficient (Wildman–Crippen LogP) is 4.61. The highest BCUT2D eigenvalue weighted by atomic mass is 35.5. The zero-order valence-electron chi connectivity index (χ0n) is 10.2. The summed E-state index contributed by atoms with van der Waals surface area (Å²) in [5, 5.41) is 4.71. The van der Waals surface area contributed by atoms with E-state index in [1.165, 1.54) is 11.3 Å². The molecule has 0 saturated carbocycles. The fourth-order valence-corrected chi connectivity index (χ4v) is 2.75. The van der Waals surface area contributed by atoms with Crippen molar-refractivity contribution in [3.8, 4) is 0 Å². The highest BCUT2D eigenvalue weighted by Gasteiger charge is 2.14. The van der Waals surface area contributed by atoms with Gasteiger partial charge >= 0.3 is 0 Å². The molecule has 2 aromatic rings. The van der Waals surface area contributed by atoms with E-state index in [-0.39, 0.29) is 11.3 Å². The van der Waals surface area contributed by atoms with Crippen molar-refractivity contribution in [2.24, 2.45) is 0 Å². The molecule has 1 aromatic carbocycles. The molecular weight excluding hydrogens is 266 g/mol. The highest BCUT2D eigenvalue weighted by Crippen LogP contribution is 2.28. The van der Waals surface area contributed by atoms with Crippen LogP contribution in [-0.2, 0) is 0 Å². The summed E-state index contributed by atoms with van der Waals surface area (Å²) in [6, 6.07) is 9.54. The largest absolute Gasteiger partial charge is 0.321 e. The molecule has 4 heteroatoms. The minimum atomic E-state index is -0.133. The van der Waals surface area contributed by atoms with Crippen molar-refractivity contribution >= 4 is 34.5 Å². The third-order valence-electron chi connectivity index (χ3n) is 2.71. The quantitative estimate of drug-likeness (QED) is 0.817. The first-order valence-electron chi connectivity index (χ1n) is 5.68. The van der Waals surface area contributed by atoms with Gasteiger partial charge in [0.25, 0.3) is 5.91 Å². The van der Waals surface area contributed by atoms with Crippen molar-refractivity contribution < 1.29 is 4.79 Å². The van der Waals surface area contributed by atoms with Crippen LogP contribution in [0.25, 0.3) is 0 Å². The van der Waals surface area contributed by atoms with Crippen LogP contribution in [0.3, 0.4) is 0 Å². The van der Waals surface area contributed by atoms with Crippen LogP contribution in [-0.4, -0.2) is 5.91 Å². The predicted molar refractivity (Wildman–Crippen MR) is 77.7 cm³/mol. The summed E-state index contributed by atoms with van der Waals surface area (Å²) in [4.78, 5) is 12.9. The van der Waals surface area contributed by atoms with Gasteiger partial charge in [-0.2, -0.15) is 0 Å². The van der Waals surface area contributed by atoms with Gasteiger partial charge in [-0.05, 0) is 42.5 Å². The van der Waals surface area contributed by atoms with Crippen LogP contribution < -0.4 is 5.32 Å². The minimum absolute atomic E-state index is 0.0766. The Kier molecular flexibility index (Phi) is 4.04. The summed E-state index contributed by atoms with van der Waals surface area (Å²) in [6.07, 6.45) is 0. The molecule has 0 aliphatic rings. The number of aryl methyl sites for hydroxylation is 1. The molecule has 0 bridgehead atoms. The van der Waals surface area contributed by atoms with Crippen LogP contribution in [0.2, 0.25) is 0 Å². The van der Waals surface area contributed by atoms with Crippen LogP contribution in [0.15, 0.2) is 35.7 Å². The van der Waals surface area contributed by atoms with E-state index >= 15 is 0 Å². The molecule has 0 fully saturated rings. The average molecular weight is 280 g/mol. The Bertz CT molecular complexity index is 562. The summed E-state index contributed by atoms with van der Waals surface area (Å²) < 4.78 is 0. The number of rotatable bonds is 3. The summed E-state index contributed by atoms with van der Waals surface area (Å²) in [5.74, 6) is -0.0766. The number of carbonyl (C=O) groups excluding carboxylic acids is 1. The lowest BCUT2D eigenvalue weighted by Gasteiger charge is -2.12. The smallest absolute Gasteiger partial charge is 0.266 e.